The summed E-state index contributed by atoms with van der Waals surface area (Å²) in [7, 11) is -3.65. The third-order valence-electron chi connectivity index (χ3n) is 6.93. The number of piperazine rings is 1. The topological polar surface area (TPSA) is 69.7 Å². The highest BCUT2D eigenvalue weighted by atomic mass is 32.2. The highest BCUT2D eigenvalue weighted by Crippen LogP contribution is 2.30. The third kappa shape index (κ3) is 5.70. The molecular weight excluding hydrogens is 494 g/mol. The molecule has 1 N–H and O–H groups in total. The van der Waals surface area contributed by atoms with Gasteiger partial charge in [-0.05, 0) is 54.4 Å². The monoisotopic (exact) mass is 525 g/mol. The summed E-state index contributed by atoms with van der Waals surface area (Å²) in [5, 5.41) is 2.83. The van der Waals surface area contributed by atoms with Gasteiger partial charge in [-0.3, -0.25) is 9.69 Å². The van der Waals surface area contributed by atoms with Crippen molar-refractivity contribution in [3.63, 3.8) is 0 Å². The van der Waals surface area contributed by atoms with Crippen molar-refractivity contribution in [1.82, 2.24) is 9.21 Å². The molecule has 0 spiro atoms. The molecule has 4 aromatic carbocycles. The normalized spacial score (nSPS) is 14.9. The van der Waals surface area contributed by atoms with Crippen LogP contribution in [-0.4, -0.2) is 49.7 Å². The standard InChI is InChI=1S/C31H31N3O3S/c1-24-12-14-27(15-13-24)31(35)32-28-16-18-29(19-17-28)38(36,37)34-22-20-33(21-23-34)30(25-8-4-2-5-9-25)26-10-6-3-7-11-26/h2-19,30H,20-23H2,1H3,(H,32,35). The molecule has 194 valence electrons. The van der Waals surface area contributed by atoms with E-state index in [0.717, 1.165) is 5.56 Å². The highest BCUT2D eigenvalue weighted by molar-refractivity contribution is 7.89. The molecule has 1 amide bonds. The number of hydrogen-bond donors (Lipinski definition) is 1. The van der Waals surface area contributed by atoms with Crippen molar-refractivity contribution in [3.05, 3.63) is 131 Å². The lowest BCUT2D eigenvalue weighted by atomic mass is 9.96. The van der Waals surface area contributed by atoms with Crippen LogP contribution in [0.4, 0.5) is 5.69 Å². The lowest BCUT2D eigenvalue weighted by Crippen LogP contribution is -2.49. The Labute approximate surface area is 224 Å². The zero-order chi connectivity index (χ0) is 26.5. The zero-order valence-electron chi connectivity index (χ0n) is 21.3. The fourth-order valence-electron chi connectivity index (χ4n) is 4.85. The smallest absolute Gasteiger partial charge is 0.255 e. The van der Waals surface area contributed by atoms with Crippen molar-refractivity contribution in [1.29, 1.82) is 0 Å². The molecule has 5 rings (SSSR count). The van der Waals surface area contributed by atoms with E-state index in [9.17, 15) is 13.2 Å². The van der Waals surface area contributed by atoms with Gasteiger partial charge in [-0.25, -0.2) is 8.42 Å². The average molecular weight is 526 g/mol. The molecule has 1 aliphatic rings. The second-order valence-corrected chi connectivity index (χ2v) is 11.4. The molecule has 1 saturated heterocycles. The number of anilines is 1. The zero-order valence-corrected chi connectivity index (χ0v) is 22.1. The first kappa shape index (κ1) is 25.9. The minimum atomic E-state index is -3.65. The van der Waals surface area contributed by atoms with Gasteiger partial charge >= 0.3 is 0 Å². The Bertz CT molecular complexity index is 1430. The van der Waals surface area contributed by atoms with Gasteiger partial charge in [0, 0.05) is 37.4 Å². The summed E-state index contributed by atoms with van der Waals surface area (Å²) in [5.74, 6) is -0.233. The van der Waals surface area contributed by atoms with Gasteiger partial charge in [0.1, 0.15) is 0 Å². The number of carbonyl (C=O) groups excluding carboxylic acids is 1. The molecule has 0 bridgehead atoms. The molecule has 1 heterocycles. The molecule has 1 aliphatic heterocycles. The quantitative estimate of drug-likeness (QED) is 0.354. The molecule has 38 heavy (non-hydrogen) atoms. The maximum Gasteiger partial charge on any atom is 0.255 e. The minimum Gasteiger partial charge on any atom is -0.322 e. The van der Waals surface area contributed by atoms with Gasteiger partial charge in [0.2, 0.25) is 10.0 Å². The molecule has 0 aromatic heterocycles. The minimum absolute atomic E-state index is 0.0682. The van der Waals surface area contributed by atoms with Crippen molar-refractivity contribution in [2.45, 2.75) is 17.9 Å². The third-order valence-corrected chi connectivity index (χ3v) is 8.85. The van der Waals surface area contributed by atoms with Gasteiger partial charge < -0.3 is 5.32 Å². The van der Waals surface area contributed by atoms with Crippen LogP contribution in [0.2, 0.25) is 0 Å². The predicted molar refractivity (Wildman–Crippen MR) is 151 cm³/mol. The van der Waals surface area contributed by atoms with Crippen molar-refractivity contribution in [2.24, 2.45) is 0 Å². The molecule has 6 nitrogen and oxygen atoms in total. The Balaban J connectivity index is 1.26. The van der Waals surface area contributed by atoms with E-state index in [1.807, 2.05) is 55.5 Å². The summed E-state index contributed by atoms with van der Waals surface area (Å²) in [6.07, 6.45) is 0. The van der Waals surface area contributed by atoms with E-state index in [2.05, 4.69) is 34.5 Å². The number of carbonyl (C=O) groups is 1. The number of hydrogen-bond acceptors (Lipinski definition) is 4. The van der Waals surface area contributed by atoms with Gasteiger partial charge in [0.15, 0.2) is 0 Å². The van der Waals surface area contributed by atoms with Crippen LogP contribution in [0, 0.1) is 6.92 Å². The lowest BCUT2D eigenvalue weighted by molar-refractivity contribution is 0.102. The van der Waals surface area contributed by atoms with Crippen LogP contribution in [-0.2, 0) is 10.0 Å². The Hall–Kier alpha value is -3.78. The number of nitrogens with one attached hydrogen (secondary N) is 1. The maximum atomic E-state index is 13.4. The average Bonchev–Trinajstić information content (AvgIpc) is 2.95. The molecule has 1 fully saturated rings. The van der Waals surface area contributed by atoms with Crippen LogP contribution >= 0.6 is 0 Å². The van der Waals surface area contributed by atoms with Crippen molar-refractivity contribution in [3.8, 4) is 0 Å². The molecule has 0 unspecified atom stereocenters. The van der Waals surface area contributed by atoms with Crippen molar-refractivity contribution < 1.29 is 13.2 Å². The van der Waals surface area contributed by atoms with Gasteiger partial charge in [-0.2, -0.15) is 4.31 Å². The van der Waals surface area contributed by atoms with Crippen molar-refractivity contribution >= 4 is 21.6 Å². The highest BCUT2D eigenvalue weighted by Gasteiger charge is 2.32. The lowest BCUT2D eigenvalue weighted by Gasteiger charge is -2.39. The van der Waals surface area contributed by atoms with Crippen LogP contribution < -0.4 is 5.32 Å². The second-order valence-electron chi connectivity index (χ2n) is 9.51. The van der Waals surface area contributed by atoms with E-state index in [-0.39, 0.29) is 16.8 Å². The Morgan fingerprint density at radius 3 is 1.76 bits per heavy atom. The molecule has 4 aromatic rings. The first-order valence-corrected chi connectivity index (χ1v) is 14.2. The largest absolute Gasteiger partial charge is 0.322 e. The van der Waals surface area contributed by atoms with Gasteiger partial charge in [-0.1, -0.05) is 78.4 Å². The van der Waals surface area contributed by atoms with Crippen LogP contribution in [0.1, 0.15) is 33.1 Å². The molecule has 0 saturated carbocycles. The summed E-state index contributed by atoms with van der Waals surface area (Å²) in [4.78, 5) is 15.1. The molecule has 0 radical (unpaired) electrons. The first-order valence-electron chi connectivity index (χ1n) is 12.7. The van der Waals surface area contributed by atoms with E-state index in [0.29, 0.717) is 37.4 Å². The van der Waals surface area contributed by atoms with Gasteiger partial charge in [0.05, 0.1) is 10.9 Å². The number of aryl methyl sites for hydroxylation is 1. The van der Waals surface area contributed by atoms with E-state index < -0.39 is 10.0 Å². The van der Waals surface area contributed by atoms with E-state index in [4.69, 9.17) is 0 Å². The van der Waals surface area contributed by atoms with Crippen LogP contribution in [0.5, 0.6) is 0 Å². The van der Waals surface area contributed by atoms with Gasteiger partial charge in [0.25, 0.3) is 5.91 Å². The number of sulfonamides is 1. The number of benzene rings is 4. The molecule has 0 atom stereocenters. The molecule has 0 aliphatic carbocycles. The summed E-state index contributed by atoms with van der Waals surface area (Å²) in [6.45, 7) is 4.02. The van der Waals surface area contributed by atoms with E-state index in [1.54, 1.807) is 40.7 Å². The predicted octanol–water partition coefficient (Wildman–Crippen LogP) is 5.34. The molecular formula is C31H31N3O3S. The van der Waals surface area contributed by atoms with E-state index in [1.165, 1.54) is 11.1 Å². The fourth-order valence-corrected chi connectivity index (χ4v) is 6.28. The number of amides is 1. The summed E-state index contributed by atoms with van der Waals surface area (Å²) in [5.41, 5.74) is 4.56. The Kier molecular flexibility index (Phi) is 7.69. The summed E-state index contributed by atoms with van der Waals surface area (Å²) in [6, 6.07) is 34.4. The first-order chi connectivity index (χ1) is 18.4. The summed E-state index contributed by atoms with van der Waals surface area (Å²) >= 11 is 0. The SMILES string of the molecule is Cc1ccc(C(=O)Nc2ccc(S(=O)(=O)N3CCN(C(c4ccccc4)c4ccccc4)CC3)cc2)cc1. The fraction of sp³-hybridized carbons (Fsp3) is 0.194. The van der Waals surface area contributed by atoms with Crippen LogP contribution in [0.3, 0.4) is 0 Å². The Morgan fingerprint density at radius 2 is 1.24 bits per heavy atom. The number of nitrogens with zero attached hydrogens (tertiary/aromatic N) is 2. The number of rotatable bonds is 7. The molecule has 7 heteroatoms. The van der Waals surface area contributed by atoms with Crippen LogP contribution in [0.15, 0.2) is 114 Å². The van der Waals surface area contributed by atoms with E-state index >= 15 is 0 Å². The Morgan fingerprint density at radius 1 is 0.711 bits per heavy atom. The van der Waals surface area contributed by atoms with Crippen molar-refractivity contribution in [2.75, 3.05) is 31.5 Å². The van der Waals surface area contributed by atoms with Crippen LogP contribution in [0.25, 0.3) is 0 Å². The maximum absolute atomic E-state index is 13.4. The summed E-state index contributed by atoms with van der Waals surface area (Å²) < 4.78 is 28.4. The second kappa shape index (κ2) is 11.3. The van der Waals surface area contributed by atoms with Gasteiger partial charge in [-0.15, -0.1) is 0 Å².